The fourth-order valence-electron chi connectivity index (χ4n) is 3.38. The molecular weight excluding hydrogens is 466 g/mol. The maximum atomic E-state index is 13.2. The second kappa shape index (κ2) is 8.53. The van der Waals surface area contributed by atoms with E-state index in [2.05, 4.69) is 15.9 Å². The average molecular weight is 486 g/mol. The van der Waals surface area contributed by atoms with Gasteiger partial charge in [-0.3, -0.25) is 0 Å². The molecule has 0 radical (unpaired) electrons. The van der Waals surface area contributed by atoms with Gasteiger partial charge >= 0.3 is 0 Å². The molecule has 4 rings (SSSR count). The highest BCUT2D eigenvalue weighted by Crippen LogP contribution is 2.35. The summed E-state index contributed by atoms with van der Waals surface area (Å²) in [5, 5.41) is 0.889. The molecule has 0 saturated heterocycles. The Labute approximate surface area is 184 Å². The Bertz CT molecular complexity index is 1280. The van der Waals surface area contributed by atoms with Gasteiger partial charge in [-0.2, -0.15) is 0 Å². The molecule has 1 heterocycles. The molecule has 0 unspecified atom stereocenters. The lowest BCUT2D eigenvalue weighted by Crippen LogP contribution is -2.11. The van der Waals surface area contributed by atoms with Gasteiger partial charge in [0.05, 0.1) is 28.6 Å². The molecule has 3 aromatic carbocycles. The van der Waals surface area contributed by atoms with Crippen LogP contribution in [0.15, 0.2) is 88.4 Å². The van der Waals surface area contributed by atoms with Gasteiger partial charge in [0.15, 0.2) is 11.5 Å². The smallest absolute Gasteiger partial charge is 0.268 e. The van der Waals surface area contributed by atoms with E-state index < -0.39 is 10.0 Å². The first-order valence-corrected chi connectivity index (χ1v) is 11.6. The standard InChI is InChI=1S/C23H20BrNO4S/c1-28-22-13-7-11-20(24)23(22)29-15-14-17-16-25(21-12-6-5-10-19(17)21)30(26,27)18-8-3-2-4-9-18/h2-13,16H,14-15H2,1H3. The molecule has 154 valence electrons. The van der Waals surface area contributed by atoms with E-state index in [-0.39, 0.29) is 4.90 Å². The maximum absolute atomic E-state index is 13.2. The van der Waals surface area contributed by atoms with Crippen molar-refractivity contribution in [1.29, 1.82) is 0 Å². The molecule has 30 heavy (non-hydrogen) atoms. The molecule has 0 saturated carbocycles. The number of benzene rings is 3. The van der Waals surface area contributed by atoms with Gasteiger partial charge in [-0.15, -0.1) is 0 Å². The zero-order valence-electron chi connectivity index (χ0n) is 16.3. The normalized spacial score (nSPS) is 11.5. The Kier molecular flexibility index (Phi) is 5.83. The minimum atomic E-state index is -3.69. The van der Waals surface area contributed by atoms with Crippen molar-refractivity contribution in [2.45, 2.75) is 11.3 Å². The Morgan fingerprint density at radius 3 is 2.43 bits per heavy atom. The van der Waals surface area contributed by atoms with Crippen LogP contribution in [0.5, 0.6) is 11.5 Å². The highest BCUT2D eigenvalue weighted by atomic mass is 79.9. The maximum Gasteiger partial charge on any atom is 0.268 e. The molecule has 4 aromatic rings. The average Bonchev–Trinajstić information content (AvgIpc) is 3.15. The van der Waals surface area contributed by atoms with Gasteiger partial charge in [0.2, 0.25) is 0 Å². The first-order valence-electron chi connectivity index (χ1n) is 9.37. The lowest BCUT2D eigenvalue weighted by molar-refractivity contribution is 0.296. The Balaban J connectivity index is 1.65. The lowest BCUT2D eigenvalue weighted by Gasteiger charge is -2.12. The summed E-state index contributed by atoms with van der Waals surface area (Å²) in [6, 6.07) is 21.5. The highest BCUT2D eigenvalue weighted by Gasteiger charge is 2.21. The van der Waals surface area contributed by atoms with E-state index in [4.69, 9.17) is 9.47 Å². The number of hydrogen-bond donors (Lipinski definition) is 0. The first-order chi connectivity index (χ1) is 14.5. The number of halogens is 1. The van der Waals surface area contributed by atoms with Crippen molar-refractivity contribution in [2.75, 3.05) is 13.7 Å². The number of ether oxygens (including phenoxy) is 2. The summed E-state index contributed by atoms with van der Waals surface area (Å²) in [7, 11) is -2.10. The van der Waals surface area contributed by atoms with Crippen molar-refractivity contribution in [3.63, 3.8) is 0 Å². The van der Waals surface area contributed by atoms with Crippen LogP contribution in [0.3, 0.4) is 0 Å². The van der Waals surface area contributed by atoms with E-state index in [0.717, 1.165) is 15.4 Å². The largest absolute Gasteiger partial charge is 0.493 e. The SMILES string of the molecule is COc1cccc(Br)c1OCCc1cn(S(=O)(=O)c2ccccc2)c2ccccc12. The molecule has 0 aliphatic carbocycles. The van der Waals surface area contributed by atoms with Gasteiger partial charge in [0.25, 0.3) is 10.0 Å². The summed E-state index contributed by atoms with van der Waals surface area (Å²) >= 11 is 3.48. The number of methoxy groups -OCH3 is 1. The molecule has 1 aromatic heterocycles. The topological polar surface area (TPSA) is 57.5 Å². The zero-order valence-corrected chi connectivity index (χ0v) is 18.7. The van der Waals surface area contributed by atoms with Crippen LogP contribution >= 0.6 is 15.9 Å². The van der Waals surface area contributed by atoms with Gasteiger partial charge < -0.3 is 9.47 Å². The number of nitrogens with zero attached hydrogens (tertiary/aromatic N) is 1. The molecule has 0 fully saturated rings. The van der Waals surface area contributed by atoms with Gasteiger partial charge in [0, 0.05) is 18.0 Å². The van der Waals surface area contributed by atoms with E-state index in [1.165, 1.54) is 3.97 Å². The molecular formula is C23H20BrNO4S. The summed E-state index contributed by atoms with van der Waals surface area (Å²) in [6.07, 6.45) is 2.23. The van der Waals surface area contributed by atoms with E-state index in [1.807, 2.05) is 42.5 Å². The molecule has 0 aliphatic heterocycles. The monoisotopic (exact) mass is 485 g/mol. The molecule has 0 aliphatic rings. The predicted molar refractivity (Wildman–Crippen MR) is 121 cm³/mol. The summed E-state index contributed by atoms with van der Waals surface area (Å²) < 4.78 is 39.9. The van der Waals surface area contributed by atoms with Gasteiger partial charge in [-0.25, -0.2) is 12.4 Å². The summed E-state index contributed by atoms with van der Waals surface area (Å²) in [6.45, 7) is 0.373. The molecule has 0 spiro atoms. The Morgan fingerprint density at radius 1 is 0.933 bits per heavy atom. The molecule has 0 atom stereocenters. The van der Waals surface area contributed by atoms with Gasteiger partial charge in [-0.05, 0) is 51.8 Å². The first kappa shape index (κ1) is 20.5. The van der Waals surface area contributed by atoms with Crippen molar-refractivity contribution in [3.05, 3.63) is 89.0 Å². The van der Waals surface area contributed by atoms with Crippen molar-refractivity contribution in [2.24, 2.45) is 0 Å². The molecule has 7 heteroatoms. The molecule has 5 nitrogen and oxygen atoms in total. The molecule has 0 bridgehead atoms. The second-order valence-corrected chi connectivity index (χ2v) is 9.32. The summed E-state index contributed by atoms with van der Waals surface area (Å²) in [5.41, 5.74) is 1.55. The van der Waals surface area contributed by atoms with E-state index in [0.29, 0.717) is 30.0 Å². The highest BCUT2D eigenvalue weighted by molar-refractivity contribution is 9.10. The number of para-hydroxylation sites is 2. The third-order valence-electron chi connectivity index (χ3n) is 4.83. The van der Waals surface area contributed by atoms with Gasteiger partial charge in [0.1, 0.15) is 0 Å². The van der Waals surface area contributed by atoms with Crippen LogP contribution in [0.4, 0.5) is 0 Å². The van der Waals surface area contributed by atoms with Gasteiger partial charge in [-0.1, -0.05) is 42.5 Å². The van der Waals surface area contributed by atoms with E-state index in [9.17, 15) is 8.42 Å². The summed E-state index contributed by atoms with van der Waals surface area (Å²) in [5.74, 6) is 1.26. The minimum Gasteiger partial charge on any atom is -0.493 e. The second-order valence-electron chi connectivity index (χ2n) is 6.66. The van der Waals surface area contributed by atoms with Crippen LogP contribution in [0, 0.1) is 0 Å². The van der Waals surface area contributed by atoms with Crippen molar-refractivity contribution < 1.29 is 17.9 Å². The molecule has 0 amide bonds. The third-order valence-corrected chi connectivity index (χ3v) is 7.14. The van der Waals surface area contributed by atoms with Crippen LogP contribution in [0.2, 0.25) is 0 Å². The third kappa shape index (κ3) is 3.82. The fourth-order valence-corrected chi connectivity index (χ4v) is 5.25. The van der Waals surface area contributed by atoms with Crippen LogP contribution in [0.1, 0.15) is 5.56 Å². The number of hydrogen-bond acceptors (Lipinski definition) is 4. The minimum absolute atomic E-state index is 0.256. The van der Waals surface area contributed by atoms with Crippen LogP contribution in [-0.2, 0) is 16.4 Å². The van der Waals surface area contributed by atoms with E-state index in [1.54, 1.807) is 43.6 Å². The summed E-state index contributed by atoms with van der Waals surface area (Å²) in [4.78, 5) is 0.256. The zero-order chi connectivity index (χ0) is 21.1. The van der Waals surface area contributed by atoms with Crippen LogP contribution < -0.4 is 9.47 Å². The van der Waals surface area contributed by atoms with E-state index >= 15 is 0 Å². The van der Waals surface area contributed by atoms with Crippen molar-refractivity contribution >= 4 is 36.9 Å². The van der Waals surface area contributed by atoms with Crippen LogP contribution in [0.25, 0.3) is 10.9 Å². The fraction of sp³-hybridized carbons (Fsp3) is 0.130. The number of fused-ring (bicyclic) bond motifs is 1. The quantitative estimate of drug-likeness (QED) is 0.357. The van der Waals surface area contributed by atoms with Crippen molar-refractivity contribution in [3.8, 4) is 11.5 Å². The van der Waals surface area contributed by atoms with Crippen LogP contribution in [-0.4, -0.2) is 26.1 Å². The lowest BCUT2D eigenvalue weighted by atomic mass is 10.1. The Hall–Kier alpha value is -2.77. The Morgan fingerprint density at radius 2 is 1.67 bits per heavy atom. The van der Waals surface area contributed by atoms with Crippen molar-refractivity contribution in [1.82, 2.24) is 3.97 Å². The number of rotatable bonds is 7. The number of aromatic nitrogens is 1. The molecule has 0 N–H and O–H groups in total. The predicted octanol–water partition coefficient (Wildman–Crippen LogP) is 5.27.